The van der Waals surface area contributed by atoms with E-state index in [4.69, 9.17) is 5.73 Å². The first-order valence-electron chi connectivity index (χ1n) is 12.6. The molecule has 0 aromatic carbocycles. The molecule has 2 N–H and O–H groups in total. The maximum absolute atomic E-state index is 13.9. The minimum absolute atomic E-state index is 0.0987. The predicted molar refractivity (Wildman–Crippen MR) is 144 cm³/mol. The van der Waals surface area contributed by atoms with E-state index in [2.05, 4.69) is 45.6 Å². The molecule has 3 aromatic heterocycles. The van der Waals surface area contributed by atoms with Gasteiger partial charge in [0.15, 0.2) is 5.03 Å². The van der Waals surface area contributed by atoms with Gasteiger partial charge in [-0.25, -0.2) is 28.4 Å². The number of anilines is 3. The van der Waals surface area contributed by atoms with Crippen LogP contribution >= 0.6 is 0 Å². The fraction of sp³-hybridized carbons (Fsp3) is 0.423. The van der Waals surface area contributed by atoms with Crippen LogP contribution in [0, 0.1) is 5.92 Å². The van der Waals surface area contributed by atoms with E-state index in [-0.39, 0.29) is 21.0 Å². The zero-order valence-electron chi connectivity index (χ0n) is 21.8. The molecule has 5 heterocycles. The molecular formula is C26H32N8O3S. The molecule has 1 atom stereocenters. The van der Waals surface area contributed by atoms with Gasteiger partial charge in [0.1, 0.15) is 17.2 Å². The van der Waals surface area contributed by atoms with Gasteiger partial charge in [0.25, 0.3) is 5.91 Å². The van der Waals surface area contributed by atoms with E-state index in [0.29, 0.717) is 56.2 Å². The highest BCUT2D eigenvalue weighted by Gasteiger charge is 2.40. The Kier molecular flexibility index (Phi) is 6.68. The largest absolute Gasteiger partial charge is 0.365 e. The third-order valence-corrected chi connectivity index (χ3v) is 8.88. The van der Waals surface area contributed by atoms with Gasteiger partial charge in [-0.05, 0) is 50.5 Å². The monoisotopic (exact) mass is 536 g/mol. The molecule has 12 heteroatoms. The van der Waals surface area contributed by atoms with Crippen LogP contribution < -0.4 is 20.4 Å². The van der Waals surface area contributed by atoms with Crippen molar-refractivity contribution in [2.45, 2.75) is 42.7 Å². The molecule has 0 radical (unpaired) electrons. The van der Waals surface area contributed by atoms with Crippen molar-refractivity contribution in [3.8, 4) is 0 Å². The SMILES string of the molecule is CC1CN(c2nccc(S(=O)(=O)c3cccc(N4CCN(c5ncccn5)CC4)n3)c2C(N)=O)C(C)(C)C1. The Hall–Kier alpha value is -3.80. The Balaban J connectivity index is 1.45. The molecule has 1 unspecified atom stereocenters. The van der Waals surface area contributed by atoms with Crippen molar-refractivity contribution in [3.05, 3.63) is 54.5 Å². The molecule has 3 aromatic rings. The van der Waals surface area contributed by atoms with Gasteiger partial charge in [-0.15, -0.1) is 0 Å². The Morgan fingerprint density at radius 1 is 0.974 bits per heavy atom. The summed E-state index contributed by atoms with van der Waals surface area (Å²) in [6, 6.07) is 8.00. The minimum Gasteiger partial charge on any atom is -0.365 e. The van der Waals surface area contributed by atoms with Crippen LogP contribution in [0.4, 0.5) is 17.6 Å². The number of carbonyl (C=O) groups is 1. The lowest BCUT2D eigenvalue weighted by molar-refractivity contribution is 0.0997. The number of hydrogen-bond donors (Lipinski definition) is 1. The second kappa shape index (κ2) is 9.82. The molecule has 0 spiro atoms. The number of carbonyl (C=O) groups excluding carboxylic acids is 1. The lowest BCUT2D eigenvalue weighted by atomic mass is 9.97. The molecule has 1 amide bonds. The maximum atomic E-state index is 13.9. The number of primary amides is 1. The normalized spacial score (nSPS) is 19.6. The zero-order chi connectivity index (χ0) is 27.1. The molecular weight excluding hydrogens is 504 g/mol. The number of aromatic nitrogens is 4. The topological polar surface area (TPSA) is 139 Å². The fourth-order valence-electron chi connectivity index (χ4n) is 5.49. The number of nitrogens with zero attached hydrogens (tertiary/aromatic N) is 7. The molecule has 38 heavy (non-hydrogen) atoms. The van der Waals surface area contributed by atoms with Gasteiger partial charge in [0, 0.05) is 56.9 Å². The summed E-state index contributed by atoms with van der Waals surface area (Å²) in [5.41, 5.74) is 5.38. The number of nitrogens with two attached hydrogens (primary N) is 1. The summed E-state index contributed by atoms with van der Waals surface area (Å²) in [7, 11) is -4.17. The van der Waals surface area contributed by atoms with E-state index < -0.39 is 15.7 Å². The Labute approximate surface area is 222 Å². The van der Waals surface area contributed by atoms with Crippen molar-refractivity contribution in [3.63, 3.8) is 0 Å². The second-order valence-electron chi connectivity index (χ2n) is 10.5. The van der Waals surface area contributed by atoms with E-state index in [0.717, 1.165) is 6.42 Å². The summed E-state index contributed by atoms with van der Waals surface area (Å²) >= 11 is 0. The van der Waals surface area contributed by atoms with Crippen molar-refractivity contribution in [1.82, 2.24) is 19.9 Å². The minimum atomic E-state index is -4.17. The second-order valence-corrected chi connectivity index (χ2v) is 12.3. The molecule has 0 aliphatic carbocycles. The average molecular weight is 537 g/mol. The number of sulfone groups is 1. The van der Waals surface area contributed by atoms with Crippen molar-refractivity contribution < 1.29 is 13.2 Å². The van der Waals surface area contributed by atoms with Crippen molar-refractivity contribution >= 4 is 33.3 Å². The van der Waals surface area contributed by atoms with Gasteiger partial charge in [0.05, 0.1) is 4.90 Å². The molecule has 2 aliphatic rings. The highest BCUT2D eigenvalue weighted by molar-refractivity contribution is 7.91. The molecule has 11 nitrogen and oxygen atoms in total. The smallest absolute Gasteiger partial charge is 0.253 e. The molecule has 5 rings (SSSR count). The van der Waals surface area contributed by atoms with E-state index in [1.807, 2.05) is 9.80 Å². The number of pyridine rings is 2. The van der Waals surface area contributed by atoms with Crippen LogP contribution in [0.15, 0.2) is 58.8 Å². The highest BCUT2D eigenvalue weighted by Crippen LogP contribution is 2.39. The number of piperazine rings is 1. The van der Waals surface area contributed by atoms with Gasteiger partial charge < -0.3 is 20.4 Å². The van der Waals surface area contributed by atoms with Crippen LogP contribution in [0.25, 0.3) is 0 Å². The quantitative estimate of drug-likeness (QED) is 0.498. The van der Waals surface area contributed by atoms with Crippen LogP contribution in [0.3, 0.4) is 0 Å². The highest BCUT2D eigenvalue weighted by atomic mass is 32.2. The van der Waals surface area contributed by atoms with Crippen LogP contribution in [0.1, 0.15) is 37.6 Å². The number of rotatable bonds is 6. The van der Waals surface area contributed by atoms with Gasteiger partial charge in [-0.1, -0.05) is 13.0 Å². The average Bonchev–Trinajstić information content (AvgIpc) is 3.20. The van der Waals surface area contributed by atoms with Crippen LogP contribution in [-0.2, 0) is 9.84 Å². The third kappa shape index (κ3) is 4.75. The van der Waals surface area contributed by atoms with Crippen molar-refractivity contribution in [2.24, 2.45) is 11.7 Å². The van der Waals surface area contributed by atoms with Crippen LogP contribution in [0.5, 0.6) is 0 Å². The van der Waals surface area contributed by atoms with E-state index in [9.17, 15) is 13.2 Å². The van der Waals surface area contributed by atoms with E-state index >= 15 is 0 Å². The zero-order valence-corrected chi connectivity index (χ0v) is 22.6. The number of hydrogen-bond acceptors (Lipinski definition) is 10. The van der Waals surface area contributed by atoms with E-state index in [1.165, 1.54) is 18.3 Å². The van der Waals surface area contributed by atoms with Crippen LogP contribution in [-0.4, -0.2) is 72.5 Å². The molecule has 200 valence electrons. The predicted octanol–water partition coefficient (Wildman–Crippen LogP) is 2.15. The molecule has 2 saturated heterocycles. The van der Waals surface area contributed by atoms with Gasteiger partial charge in [-0.3, -0.25) is 4.79 Å². The van der Waals surface area contributed by atoms with Crippen molar-refractivity contribution in [2.75, 3.05) is 47.4 Å². The van der Waals surface area contributed by atoms with Gasteiger partial charge in [0.2, 0.25) is 15.8 Å². The maximum Gasteiger partial charge on any atom is 0.253 e. The lowest BCUT2D eigenvalue weighted by Crippen LogP contribution is -2.47. The first kappa shape index (κ1) is 25.8. The summed E-state index contributed by atoms with van der Waals surface area (Å²) in [6.45, 7) is 9.48. The van der Waals surface area contributed by atoms with Gasteiger partial charge in [-0.2, -0.15) is 0 Å². The third-order valence-electron chi connectivity index (χ3n) is 7.18. The molecule has 2 fully saturated rings. The number of amides is 1. The first-order valence-corrected chi connectivity index (χ1v) is 14.1. The molecule has 0 saturated carbocycles. The standard InChI is InChI=1S/C26H32N8O3S/c1-18-16-26(2,3)34(17-18)24-22(23(27)35)19(8-11-28-24)38(36,37)21-7-4-6-20(31-21)32-12-14-33(15-13-32)25-29-9-5-10-30-25/h4-11,18H,12-17H2,1-3H3,(H2,27,35). The Morgan fingerprint density at radius 2 is 1.66 bits per heavy atom. The summed E-state index contributed by atoms with van der Waals surface area (Å²) < 4.78 is 27.7. The Bertz CT molecular complexity index is 1440. The molecule has 0 bridgehead atoms. The first-order chi connectivity index (χ1) is 18.1. The fourth-order valence-corrected chi connectivity index (χ4v) is 6.88. The summed E-state index contributed by atoms with van der Waals surface area (Å²) in [6.07, 6.45) is 5.72. The lowest BCUT2D eigenvalue weighted by Gasteiger charge is -2.35. The summed E-state index contributed by atoms with van der Waals surface area (Å²) in [5.74, 6) is 1.03. The van der Waals surface area contributed by atoms with E-state index in [1.54, 1.807) is 30.6 Å². The Morgan fingerprint density at radius 3 is 2.29 bits per heavy atom. The van der Waals surface area contributed by atoms with Gasteiger partial charge >= 0.3 is 0 Å². The molecule has 2 aliphatic heterocycles. The summed E-state index contributed by atoms with van der Waals surface area (Å²) in [5, 5.41) is -0.141. The van der Waals surface area contributed by atoms with Crippen LogP contribution in [0.2, 0.25) is 0 Å². The van der Waals surface area contributed by atoms with Crippen molar-refractivity contribution in [1.29, 1.82) is 0 Å². The summed E-state index contributed by atoms with van der Waals surface area (Å²) in [4.78, 5) is 36.1.